The molecule has 0 saturated carbocycles. The lowest BCUT2D eigenvalue weighted by atomic mass is 9.84. The number of fused-ring (bicyclic) bond motifs is 1. The van der Waals surface area contributed by atoms with E-state index in [4.69, 9.17) is 15.2 Å². The third kappa shape index (κ3) is 2.59. The fourth-order valence-electron chi connectivity index (χ4n) is 3.27. The number of hydrogen-bond acceptors (Lipinski definition) is 5. The van der Waals surface area contributed by atoms with Crippen LogP contribution in [0.2, 0.25) is 0 Å². The number of nitrogens with two attached hydrogens (primary N) is 1. The molecule has 0 amide bonds. The molecule has 116 valence electrons. The van der Waals surface area contributed by atoms with Gasteiger partial charge in [0.2, 0.25) is 0 Å². The van der Waals surface area contributed by atoms with Crippen molar-refractivity contribution in [1.29, 1.82) is 0 Å². The number of halogens is 1. The molecular weight excluding hydrogens is 277 g/mol. The fourth-order valence-corrected chi connectivity index (χ4v) is 3.27. The van der Waals surface area contributed by atoms with Crippen molar-refractivity contribution in [2.75, 3.05) is 19.8 Å². The largest absolute Gasteiger partial charge is 0.504 e. The second-order valence-corrected chi connectivity index (χ2v) is 5.68. The van der Waals surface area contributed by atoms with Crippen LogP contribution < -0.4 is 5.73 Å². The summed E-state index contributed by atoms with van der Waals surface area (Å²) >= 11 is 0. The first-order valence-corrected chi connectivity index (χ1v) is 7.28. The molecule has 6 heteroatoms. The van der Waals surface area contributed by atoms with Crippen LogP contribution in [0.25, 0.3) is 0 Å². The average Bonchev–Trinajstić information content (AvgIpc) is 2.53. The van der Waals surface area contributed by atoms with Crippen LogP contribution >= 0.6 is 0 Å². The Morgan fingerprint density at radius 3 is 2.62 bits per heavy atom. The molecule has 0 bridgehead atoms. The van der Waals surface area contributed by atoms with Gasteiger partial charge in [-0.1, -0.05) is 0 Å². The highest BCUT2D eigenvalue weighted by atomic mass is 19.1. The van der Waals surface area contributed by atoms with E-state index in [2.05, 4.69) is 0 Å². The maximum Gasteiger partial charge on any atom is 0.194 e. The quantitative estimate of drug-likeness (QED) is 0.722. The van der Waals surface area contributed by atoms with Crippen molar-refractivity contribution in [2.24, 2.45) is 11.7 Å². The smallest absolute Gasteiger partial charge is 0.194 e. The van der Waals surface area contributed by atoms with Gasteiger partial charge < -0.3 is 25.4 Å². The van der Waals surface area contributed by atoms with Gasteiger partial charge in [0.15, 0.2) is 17.3 Å². The lowest BCUT2D eigenvalue weighted by Gasteiger charge is -2.38. The maximum atomic E-state index is 13.6. The highest BCUT2D eigenvalue weighted by Crippen LogP contribution is 2.43. The van der Waals surface area contributed by atoms with Crippen molar-refractivity contribution >= 4 is 0 Å². The van der Waals surface area contributed by atoms with Crippen LogP contribution in [-0.4, -0.2) is 36.1 Å². The Morgan fingerprint density at radius 2 is 1.95 bits per heavy atom. The van der Waals surface area contributed by atoms with Gasteiger partial charge >= 0.3 is 0 Å². The summed E-state index contributed by atoms with van der Waals surface area (Å²) in [6.07, 6.45) is 1.69. The molecule has 0 aliphatic carbocycles. The lowest BCUT2D eigenvalue weighted by molar-refractivity contribution is -0.0775. The van der Waals surface area contributed by atoms with Crippen molar-refractivity contribution in [3.05, 3.63) is 23.0 Å². The van der Waals surface area contributed by atoms with Gasteiger partial charge in [-0.25, -0.2) is 4.39 Å². The molecule has 21 heavy (non-hydrogen) atoms. The number of phenols is 2. The third-order valence-corrected chi connectivity index (χ3v) is 4.46. The second kappa shape index (κ2) is 5.79. The van der Waals surface area contributed by atoms with Crippen molar-refractivity contribution in [1.82, 2.24) is 0 Å². The van der Waals surface area contributed by atoms with Gasteiger partial charge in [0.25, 0.3) is 0 Å². The zero-order chi connectivity index (χ0) is 15.0. The maximum absolute atomic E-state index is 13.6. The van der Waals surface area contributed by atoms with E-state index in [1.807, 2.05) is 0 Å². The normalized spacial score (nSPS) is 26.6. The Morgan fingerprint density at radius 1 is 1.24 bits per heavy atom. The van der Waals surface area contributed by atoms with Crippen LogP contribution in [0, 0.1) is 11.7 Å². The van der Waals surface area contributed by atoms with Gasteiger partial charge in [0, 0.05) is 31.7 Å². The number of aromatic hydroxyl groups is 2. The summed E-state index contributed by atoms with van der Waals surface area (Å²) in [5, 5.41) is 19.6. The van der Waals surface area contributed by atoms with Crippen molar-refractivity contribution in [3.63, 3.8) is 0 Å². The zero-order valence-electron chi connectivity index (χ0n) is 11.7. The molecule has 3 rings (SSSR count). The van der Waals surface area contributed by atoms with Crippen LogP contribution in [0.15, 0.2) is 6.07 Å². The molecule has 5 nitrogen and oxygen atoms in total. The lowest BCUT2D eigenvalue weighted by Crippen LogP contribution is -2.37. The van der Waals surface area contributed by atoms with Crippen LogP contribution in [-0.2, 0) is 15.9 Å². The van der Waals surface area contributed by atoms with E-state index in [-0.39, 0.29) is 18.4 Å². The van der Waals surface area contributed by atoms with Crippen molar-refractivity contribution in [3.8, 4) is 11.5 Å². The molecule has 0 radical (unpaired) electrons. The number of benzene rings is 1. The fraction of sp³-hybridized carbons (Fsp3) is 0.600. The molecule has 1 saturated heterocycles. The molecular formula is C15H20FNO4. The number of ether oxygens (including phenoxy) is 2. The second-order valence-electron chi connectivity index (χ2n) is 5.68. The van der Waals surface area contributed by atoms with Crippen molar-refractivity contribution < 1.29 is 24.1 Å². The van der Waals surface area contributed by atoms with E-state index < -0.39 is 17.7 Å². The summed E-state index contributed by atoms with van der Waals surface area (Å²) in [6.45, 7) is 1.60. The predicted octanol–water partition coefficient (Wildman–Crippen LogP) is 1.60. The highest BCUT2D eigenvalue weighted by Gasteiger charge is 2.35. The van der Waals surface area contributed by atoms with Crippen LogP contribution in [0.5, 0.6) is 11.5 Å². The first kappa shape index (κ1) is 14.6. The van der Waals surface area contributed by atoms with Gasteiger partial charge in [-0.2, -0.15) is 0 Å². The molecule has 1 aromatic carbocycles. The minimum absolute atomic E-state index is 0.0919. The summed E-state index contributed by atoms with van der Waals surface area (Å²) in [4.78, 5) is 0. The van der Waals surface area contributed by atoms with Gasteiger partial charge in [0.1, 0.15) is 0 Å². The Balaban J connectivity index is 1.94. The highest BCUT2D eigenvalue weighted by molar-refractivity contribution is 5.52. The molecule has 2 aliphatic rings. The molecule has 2 atom stereocenters. The summed E-state index contributed by atoms with van der Waals surface area (Å²) in [7, 11) is 0. The standard InChI is InChI=1S/C15H20FNO4/c16-11-5-9-10(14(18)15(11)19)6-12(21-13(9)7-17)8-1-3-20-4-2-8/h5,8,12-13,18-19H,1-4,6-7,17H2. The molecule has 1 aromatic rings. The van der Waals surface area contributed by atoms with E-state index in [0.29, 0.717) is 36.7 Å². The molecule has 1 fully saturated rings. The Kier molecular flexibility index (Phi) is 4.01. The van der Waals surface area contributed by atoms with E-state index in [1.54, 1.807) is 0 Å². The van der Waals surface area contributed by atoms with E-state index in [0.717, 1.165) is 12.8 Å². The molecule has 2 heterocycles. The number of rotatable bonds is 2. The summed E-state index contributed by atoms with van der Waals surface area (Å²) in [5.41, 5.74) is 6.82. The first-order chi connectivity index (χ1) is 10.1. The van der Waals surface area contributed by atoms with Crippen LogP contribution in [0.1, 0.15) is 30.1 Å². The summed E-state index contributed by atoms with van der Waals surface area (Å²) in [6, 6.07) is 1.21. The van der Waals surface area contributed by atoms with Crippen LogP contribution in [0.3, 0.4) is 0 Å². The molecule has 0 aromatic heterocycles. The molecule has 2 unspecified atom stereocenters. The topological polar surface area (TPSA) is 84.9 Å². The van der Waals surface area contributed by atoms with Crippen LogP contribution in [0.4, 0.5) is 4.39 Å². The van der Waals surface area contributed by atoms with E-state index in [1.165, 1.54) is 6.07 Å². The minimum atomic E-state index is -0.849. The first-order valence-electron chi connectivity index (χ1n) is 7.28. The predicted molar refractivity (Wildman–Crippen MR) is 73.6 cm³/mol. The average molecular weight is 297 g/mol. The van der Waals surface area contributed by atoms with Gasteiger partial charge in [-0.05, 0) is 30.4 Å². The SMILES string of the molecule is NCC1OC(C2CCOCC2)Cc2c1cc(F)c(O)c2O. The molecule has 4 N–H and O–H groups in total. The Bertz CT molecular complexity index is 531. The van der Waals surface area contributed by atoms with Gasteiger partial charge in [-0.15, -0.1) is 0 Å². The Labute approximate surface area is 122 Å². The van der Waals surface area contributed by atoms with E-state index >= 15 is 0 Å². The molecule has 0 spiro atoms. The zero-order valence-corrected chi connectivity index (χ0v) is 11.7. The van der Waals surface area contributed by atoms with Crippen molar-refractivity contribution in [2.45, 2.75) is 31.5 Å². The van der Waals surface area contributed by atoms with Gasteiger partial charge in [-0.3, -0.25) is 0 Å². The van der Waals surface area contributed by atoms with Gasteiger partial charge in [0.05, 0.1) is 12.2 Å². The van der Waals surface area contributed by atoms with E-state index in [9.17, 15) is 14.6 Å². The summed E-state index contributed by atoms with van der Waals surface area (Å²) < 4.78 is 25.0. The Hall–Kier alpha value is -1.37. The monoisotopic (exact) mass is 297 g/mol. The minimum Gasteiger partial charge on any atom is -0.504 e. The molecule has 2 aliphatic heterocycles. The number of phenolic OH excluding ortho intramolecular Hbond substituents is 2. The third-order valence-electron chi connectivity index (χ3n) is 4.46. The summed E-state index contributed by atoms with van der Waals surface area (Å²) in [5.74, 6) is -1.61. The number of hydrogen-bond donors (Lipinski definition) is 3.